The third-order valence-corrected chi connectivity index (χ3v) is 4.77. The van der Waals surface area contributed by atoms with Gasteiger partial charge in [0.25, 0.3) is 0 Å². The Hall–Kier alpha value is -4.07. The Morgan fingerprint density at radius 2 is 1.83 bits per heavy atom. The SMILES string of the molecule is COc1cnc2c(O[C@H](C)c3nnc4ccc(-c5ccccc5)nn34)ccnc2c1. The number of aromatic nitrogens is 6. The van der Waals surface area contributed by atoms with Crippen molar-refractivity contribution in [3.8, 4) is 22.8 Å². The first-order chi connectivity index (χ1) is 14.7. The second-order valence-electron chi connectivity index (χ2n) is 6.72. The van der Waals surface area contributed by atoms with E-state index in [0.717, 1.165) is 11.3 Å². The molecule has 5 aromatic rings. The van der Waals surface area contributed by atoms with Gasteiger partial charge in [0.1, 0.15) is 17.0 Å². The molecule has 8 heteroatoms. The summed E-state index contributed by atoms with van der Waals surface area (Å²) in [5.74, 6) is 1.84. The molecule has 0 spiro atoms. The van der Waals surface area contributed by atoms with Crippen molar-refractivity contribution < 1.29 is 9.47 Å². The smallest absolute Gasteiger partial charge is 0.195 e. The summed E-state index contributed by atoms with van der Waals surface area (Å²) < 4.78 is 13.1. The summed E-state index contributed by atoms with van der Waals surface area (Å²) in [5.41, 5.74) is 3.85. The maximum Gasteiger partial charge on any atom is 0.195 e. The number of pyridine rings is 2. The first-order valence-electron chi connectivity index (χ1n) is 9.46. The number of fused-ring (bicyclic) bond motifs is 2. The van der Waals surface area contributed by atoms with E-state index in [2.05, 4.69) is 20.2 Å². The lowest BCUT2D eigenvalue weighted by atomic mass is 10.1. The minimum Gasteiger partial charge on any atom is -0.495 e. The molecule has 1 atom stereocenters. The van der Waals surface area contributed by atoms with E-state index in [1.54, 1.807) is 30.1 Å². The van der Waals surface area contributed by atoms with Crippen LogP contribution in [0.4, 0.5) is 0 Å². The highest BCUT2D eigenvalue weighted by atomic mass is 16.5. The van der Waals surface area contributed by atoms with Crippen molar-refractivity contribution in [1.29, 1.82) is 0 Å². The van der Waals surface area contributed by atoms with Crippen molar-refractivity contribution >= 4 is 16.7 Å². The lowest BCUT2D eigenvalue weighted by molar-refractivity contribution is 0.216. The van der Waals surface area contributed by atoms with Crippen LogP contribution in [0.15, 0.2) is 67.0 Å². The summed E-state index contributed by atoms with van der Waals surface area (Å²) in [7, 11) is 1.60. The predicted octanol–water partition coefficient (Wildman–Crippen LogP) is 3.88. The van der Waals surface area contributed by atoms with Gasteiger partial charge in [-0.1, -0.05) is 30.3 Å². The van der Waals surface area contributed by atoms with Crippen molar-refractivity contribution in [3.05, 3.63) is 72.8 Å². The van der Waals surface area contributed by atoms with Gasteiger partial charge >= 0.3 is 0 Å². The van der Waals surface area contributed by atoms with Crippen LogP contribution in [-0.2, 0) is 0 Å². The minimum absolute atomic E-state index is 0.409. The van der Waals surface area contributed by atoms with Crippen molar-refractivity contribution in [1.82, 2.24) is 29.8 Å². The molecule has 5 rings (SSSR count). The second-order valence-corrected chi connectivity index (χ2v) is 6.72. The number of hydrogen-bond acceptors (Lipinski definition) is 7. The standard InChI is InChI=1S/C22H18N6O2/c1-14(30-19-10-11-23-18-12-16(29-2)13-24-21(18)19)22-26-25-20-9-8-17(27-28(20)22)15-6-4-3-5-7-15/h3-14H,1-2H3/t14-/m1/s1. The highest BCUT2D eigenvalue weighted by molar-refractivity contribution is 5.81. The third kappa shape index (κ3) is 3.18. The summed E-state index contributed by atoms with van der Waals surface area (Å²) in [6.07, 6.45) is 2.91. The number of hydrogen-bond donors (Lipinski definition) is 0. The molecule has 4 aromatic heterocycles. The maximum atomic E-state index is 6.19. The Morgan fingerprint density at radius 1 is 0.967 bits per heavy atom. The van der Waals surface area contributed by atoms with Crippen molar-refractivity contribution in [2.24, 2.45) is 0 Å². The Labute approximate surface area is 172 Å². The van der Waals surface area contributed by atoms with Gasteiger partial charge in [0.05, 0.1) is 24.5 Å². The van der Waals surface area contributed by atoms with Crippen LogP contribution in [0.5, 0.6) is 11.5 Å². The molecule has 0 amide bonds. The van der Waals surface area contributed by atoms with Gasteiger partial charge in [-0.3, -0.25) is 4.98 Å². The maximum absolute atomic E-state index is 6.19. The van der Waals surface area contributed by atoms with Crippen LogP contribution < -0.4 is 9.47 Å². The Balaban J connectivity index is 1.51. The number of nitrogens with zero attached hydrogens (tertiary/aromatic N) is 6. The fourth-order valence-electron chi connectivity index (χ4n) is 3.26. The molecule has 0 aliphatic carbocycles. The number of rotatable bonds is 5. The first kappa shape index (κ1) is 18.0. The van der Waals surface area contributed by atoms with Crippen LogP contribution in [0.3, 0.4) is 0 Å². The summed E-state index contributed by atoms with van der Waals surface area (Å²) >= 11 is 0. The van der Waals surface area contributed by atoms with Gasteiger partial charge in [-0.2, -0.15) is 9.61 Å². The number of methoxy groups -OCH3 is 1. The molecule has 0 aliphatic heterocycles. The van der Waals surface area contributed by atoms with Gasteiger partial charge in [0.2, 0.25) is 0 Å². The topological polar surface area (TPSA) is 87.3 Å². The second kappa shape index (κ2) is 7.40. The predicted molar refractivity (Wildman–Crippen MR) is 111 cm³/mol. The quantitative estimate of drug-likeness (QED) is 0.444. The van der Waals surface area contributed by atoms with Crippen molar-refractivity contribution in [2.75, 3.05) is 7.11 Å². The van der Waals surface area contributed by atoms with E-state index in [0.29, 0.717) is 34.0 Å². The molecule has 0 radical (unpaired) electrons. The molecule has 0 fully saturated rings. The van der Waals surface area contributed by atoms with E-state index >= 15 is 0 Å². The van der Waals surface area contributed by atoms with Gasteiger partial charge in [-0.15, -0.1) is 10.2 Å². The monoisotopic (exact) mass is 398 g/mol. The highest BCUT2D eigenvalue weighted by Crippen LogP contribution is 2.28. The molecule has 0 N–H and O–H groups in total. The molecule has 0 saturated heterocycles. The minimum atomic E-state index is -0.409. The largest absolute Gasteiger partial charge is 0.495 e. The zero-order valence-corrected chi connectivity index (χ0v) is 16.4. The lowest BCUT2D eigenvalue weighted by Crippen LogP contribution is -2.10. The highest BCUT2D eigenvalue weighted by Gasteiger charge is 2.18. The van der Waals surface area contributed by atoms with Gasteiger partial charge < -0.3 is 9.47 Å². The Morgan fingerprint density at radius 3 is 2.67 bits per heavy atom. The zero-order chi connectivity index (χ0) is 20.5. The Kier molecular flexibility index (Phi) is 4.44. The normalized spacial score (nSPS) is 12.2. The first-order valence-corrected chi connectivity index (χ1v) is 9.46. The van der Waals surface area contributed by atoms with Crippen molar-refractivity contribution in [3.63, 3.8) is 0 Å². The van der Waals surface area contributed by atoms with Gasteiger partial charge in [0, 0.05) is 23.9 Å². The fraction of sp³-hybridized carbons (Fsp3) is 0.136. The molecular formula is C22H18N6O2. The molecule has 0 aliphatic rings. The Bertz CT molecular complexity index is 1340. The van der Waals surface area contributed by atoms with E-state index in [1.165, 1.54) is 0 Å². The summed E-state index contributed by atoms with van der Waals surface area (Å²) in [6.45, 7) is 1.91. The summed E-state index contributed by atoms with van der Waals surface area (Å²) in [6, 6.07) is 17.4. The van der Waals surface area contributed by atoms with Gasteiger partial charge in [-0.25, -0.2) is 4.98 Å². The molecular weight excluding hydrogens is 380 g/mol. The molecule has 8 nitrogen and oxygen atoms in total. The molecule has 4 heterocycles. The van der Waals surface area contributed by atoms with E-state index in [4.69, 9.17) is 14.6 Å². The molecule has 1 aromatic carbocycles. The average Bonchev–Trinajstić information content (AvgIpc) is 3.23. The zero-order valence-electron chi connectivity index (χ0n) is 16.4. The molecule has 0 saturated carbocycles. The van der Waals surface area contributed by atoms with Crippen LogP contribution in [0.2, 0.25) is 0 Å². The van der Waals surface area contributed by atoms with E-state index in [-0.39, 0.29) is 0 Å². The van der Waals surface area contributed by atoms with Crippen LogP contribution in [0, 0.1) is 0 Å². The third-order valence-electron chi connectivity index (χ3n) is 4.77. The summed E-state index contributed by atoms with van der Waals surface area (Å²) in [5, 5.41) is 13.3. The van der Waals surface area contributed by atoms with E-state index < -0.39 is 6.10 Å². The van der Waals surface area contributed by atoms with Gasteiger partial charge in [-0.05, 0) is 19.1 Å². The molecule has 148 valence electrons. The van der Waals surface area contributed by atoms with Gasteiger partial charge in [0.15, 0.2) is 17.6 Å². The number of benzene rings is 1. The van der Waals surface area contributed by atoms with E-state index in [1.807, 2.05) is 55.5 Å². The van der Waals surface area contributed by atoms with Crippen molar-refractivity contribution in [2.45, 2.75) is 13.0 Å². The summed E-state index contributed by atoms with van der Waals surface area (Å²) in [4.78, 5) is 8.78. The fourth-order valence-corrected chi connectivity index (χ4v) is 3.26. The molecule has 0 unspecified atom stereocenters. The number of ether oxygens (including phenoxy) is 2. The average molecular weight is 398 g/mol. The molecule has 0 bridgehead atoms. The van der Waals surface area contributed by atoms with E-state index in [9.17, 15) is 0 Å². The lowest BCUT2D eigenvalue weighted by Gasteiger charge is -2.14. The molecule has 30 heavy (non-hydrogen) atoms. The van der Waals surface area contributed by atoms with Crippen LogP contribution in [-0.4, -0.2) is 36.9 Å². The van der Waals surface area contributed by atoms with Crippen LogP contribution >= 0.6 is 0 Å². The van der Waals surface area contributed by atoms with Crippen LogP contribution in [0.25, 0.3) is 27.9 Å². The van der Waals surface area contributed by atoms with Crippen LogP contribution in [0.1, 0.15) is 18.9 Å².